The highest BCUT2D eigenvalue weighted by Gasteiger charge is 2.38. The molecule has 0 spiro atoms. The molecule has 5 nitrogen and oxygen atoms in total. The Balaban J connectivity index is 1.70. The third-order valence-corrected chi connectivity index (χ3v) is 4.52. The molecule has 0 unspecified atom stereocenters. The highest BCUT2D eigenvalue weighted by Crippen LogP contribution is 2.27. The third-order valence-electron chi connectivity index (χ3n) is 4.52. The van der Waals surface area contributed by atoms with Crippen LogP contribution in [0.25, 0.3) is 0 Å². The van der Waals surface area contributed by atoms with Crippen LogP contribution in [0.2, 0.25) is 0 Å². The van der Waals surface area contributed by atoms with Crippen LogP contribution in [0.4, 0.5) is 5.69 Å². The fourth-order valence-corrected chi connectivity index (χ4v) is 3.53. The van der Waals surface area contributed by atoms with Gasteiger partial charge in [0.05, 0.1) is 18.1 Å². The Bertz CT molecular complexity index is 606. The van der Waals surface area contributed by atoms with Gasteiger partial charge in [-0.05, 0) is 38.5 Å². The lowest BCUT2D eigenvalue weighted by Crippen LogP contribution is -2.50. The number of anilines is 1. The van der Waals surface area contributed by atoms with Crippen LogP contribution in [0.3, 0.4) is 0 Å². The third kappa shape index (κ3) is 3.39. The second kappa shape index (κ2) is 6.32. The first kappa shape index (κ1) is 16.0. The predicted molar refractivity (Wildman–Crippen MR) is 88.2 cm³/mol. The van der Waals surface area contributed by atoms with Gasteiger partial charge >= 0.3 is 0 Å². The Morgan fingerprint density at radius 3 is 2.52 bits per heavy atom. The lowest BCUT2D eigenvalue weighted by Gasteiger charge is -2.36. The Hall–Kier alpha value is -1.88. The van der Waals surface area contributed by atoms with Crippen LogP contribution in [0.1, 0.15) is 25.8 Å². The summed E-state index contributed by atoms with van der Waals surface area (Å²) in [6.45, 7) is 7.66. The number of nitrogens with zero attached hydrogens (tertiary/aromatic N) is 2. The topological polar surface area (TPSA) is 49.9 Å². The van der Waals surface area contributed by atoms with Crippen LogP contribution >= 0.6 is 0 Å². The number of aryl methyl sites for hydroxylation is 1. The molecule has 0 bridgehead atoms. The van der Waals surface area contributed by atoms with Crippen LogP contribution in [0.5, 0.6) is 0 Å². The molecular weight excluding hydrogens is 292 g/mol. The standard InChI is InChI=1S/C18H24N2O3/c1-12-5-4-6-16(7-12)20-11-15(8-17(20)21)18(22)19-9-13(2)23-14(3)10-19/h4-7,13-15H,8-11H2,1-3H3/t13-,14-,15-/m0/s1. The molecule has 3 atom stereocenters. The van der Waals surface area contributed by atoms with Gasteiger partial charge in [-0.2, -0.15) is 0 Å². The van der Waals surface area contributed by atoms with Crippen molar-refractivity contribution in [2.75, 3.05) is 24.5 Å². The van der Waals surface area contributed by atoms with E-state index in [1.54, 1.807) is 4.90 Å². The van der Waals surface area contributed by atoms with Crippen molar-refractivity contribution >= 4 is 17.5 Å². The zero-order chi connectivity index (χ0) is 16.6. The smallest absolute Gasteiger partial charge is 0.228 e. The van der Waals surface area contributed by atoms with Crippen molar-refractivity contribution in [3.05, 3.63) is 29.8 Å². The molecule has 0 aliphatic carbocycles. The number of benzene rings is 1. The largest absolute Gasteiger partial charge is 0.372 e. The number of ether oxygens (including phenoxy) is 1. The van der Waals surface area contributed by atoms with Gasteiger partial charge in [-0.3, -0.25) is 9.59 Å². The summed E-state index contributed by atoms with van der Waals surface area (Å²) < 4.78 is 5.68. The van der Waals surface area contributed by atoms with Crippen LogP contribution in [-0.4, -0.2) is 48.6 Å². The monoisotopic (exact) mass is 316 g/mol. The Morgan fingerprint density at radius 2 is 1.87 bits per heavy atom. The molecule has 1 aromatic carbocycles. The molecule has 2 fully saturated rings. The van der Waals surface area contributed by atoms with E-state index < -0.39 is 0 Å². The van der Waals surface area contributed by atoms with Crippen LogP contribution < -0.4 is 4.90 Å². The van der Waals surface area contributed by atoms with Crippen molar-refractivity contribution in [2.45, 2.75) is 39.4 Å². The molecule has 2 aliphatic rings. The maximum Gasteiger partial charge on any atom is 0.228 e. The Morgan fingerprint density at radius 1 is 1.17 bits per heavy atom. The minimum atomic E-state index is -0.250. The number of hydrogen-bond acceptors (Lipinski definition) is 3. The van der Waals surface area contributed by atoms with Gasteiger partial charge in [-0.1, -0.05) is 12.1 Å². The molecule has 2 aliphatic heterocycles. The minimum absolute atomic E-state index is 0.0308. The second-order valence-electron chi connectivity index (χ2n) is 6.74. The van der Waals surface area contributed by atoms with E-state index in [4.69, 9.17) is 4.74 Å². The van der Waals surface area contributed by atoms with Crippen molar-refractivity contribution in [2.24, 2.45) is 5.92 Å². The van der Waals surface area contributed by atoms with Crippen LogP contribution in [0, 0.1) is 12.8 Å². The molecule has 1 aromatic rings. The SMILES string of the molecule is Cc1cccc(N2C[C@@H](C(=O)N3C[C@H](C)O[C@@H](C)C3)CC2=O)c1. The molecule has 2 saturated heterocycles. The van der Waals surface area contributed by atoms with Gasteiger partial charge in [-0.15, -0.1) is 0 Å². The maximum atomic E-state index is 12.8. The van der Waals surface area contributed by atoms with Gasteiger partial charge in [0.1, 0.15) is 0 Å². The molecule has 5 heteroatoms. The number of morpholine rings is 1. The summed E-state index contributed by atoms with van der Waals surface area (Å²) in [7, 11) is 0. The zero-order valence-corrected chi connectivity index (χ0v) is 14.0. The van der Waals surface area contributed by atoms with E-state index in [9.17, 15) is 9.59 Å². The van der Waals surface area contributed by atoms with Gasteiger partial charge in [0.2, 0.25) is 11.8 Å². The zero-order valence-electron chi connectivity index (χ0n) is 14.0. The summed E-state index contributed by atoms with van der Waals surface area (Å²) in [4.78, 5) is 28.7. The summed E-state index contributed by atoms with van der Waals surface area (Å²) in [5.41, 5.74) is 2.00. The Kier molecular flexibility index (Phi) is 4.39. The number of hydrogen-bond donors (Lipinski definition) is 0. The summed E-state index contributed by atoms with van der Waals surface area (Å²) in [6, 6.07) is 7.86. The van der Waals surface area contributed by atoms with Gasteiger partial charge in [0.25, 0.3) is 0 Å². The lowest BCUT2D eigenvalue weighted by molar-refractivity contribution is -0.147. The normalized spacial score (nSPS) is 28.3. The van der Waals surface area contributed by atoms with Crippen molar-refractivity contribution in [1.29, 1.82) is 0 Å². The predicted octanol–water partition coefficient (Wildman–Crippen LogP) is 1.98. The average molecular weight is 316 g/mol. The highest BCUT2D eigenvalue weighted by molar-refractivity contribution is 6.00. The molecule has 3 rings (SSSR count). The summed E-state index contributed by atoms with van der Waals surface area (Å²) >= 11 is 0. The minimum Gasteiger partial charge on any atom is -0.372 e. The first-order valence-electron chi connectivity index (χ1n) is 8.25. The van der Waals surface area contributed by atoms with Crippen LogP contribution in [-0.2, 0) is 14.3 Å². The maximum absolute atomic E-state index is 12.8. The molecule has 0 saturated carbocycles. The molecule has 0 aromatic heterocycles. The van der Waals surface area contributed by atoms with Crippen molar-refractivity contribution < 1.29 is 14.3 Å². The summed E-state index contributed by atoms with van der Waals surface area (Å²) in [6.07, 6.45) is 0.396. The number of carbonyl (C=O) groups is 2. The summed E-state index contributed by atoms with van der Waals surface area (Å²) in [5.74, 6) is -0.140. The van der Waals surface area contributed by atoms with Gasteiger partial charge in [-0.25, -0.2) is 0 Å². The molecule has 124 valence electrons. The van der Waals surface area contributed by atoms with Crippen molar-refractivity contribution in [3.8, 4) is 0 Å². The molecule has 23 heavy (non-hydrogen) atoms. The van der Waals surface area contributed by atoms with E-state index in [0.29, 0.717) is 26.1 Å². The fraction of sp³-hybridized carbons (Fsp3) is 0.556. The quantitative estimate of drug-likeness (QED) is 0.838. The van der Waals surface area contributed by atoms with E-state index in [1.807, 2.05) is 49.9 Å². The van der Waals surface area contributed by atoms with E-state index in [1.165, 1.54) is 0 Å². The van der Waals surface area contributed by atoms with Gasteiger partial charge in [0, 0.05) is 31.7 Å². The highest BCUT2D eigenvalue weighted by atomic mass is 16.5. The lowest BCUT2D eigenvalue weighted by atomic mass is 10.1. The molecule has 0 N–H and O–H groups in total. The van der Waals surface area contributed by atoms with Crippen molar-refractivity contribution in [1.82, 2.24) is 4.90 Å². The van der Waals surface area contributed by atoms with E-state index in [2.05, 4.69) is 0 Å². The molecular formula is C18H24N2O3. The average Bonchev–Trinajstić information content (AvgIpc) is 2.87. The first-order chi connectivity index (χ1) is 10.9. The molecule has 2 heterocycles. The number of amides is 2. The van der Waals surface area contributed by atoms with E-state index in [0.717, 1.165) is 11.3 Å². The Labute approximate surface area is 137 Å². The first-order valence-corrected chi connectivity index (χ1v) is 8.25. The molecule has 0 radical (unpaired) electrons. The summed E-state index contributed by atoms with van der Waals surface area (Å²) in [5, 5.41) is 0. The fourth-order valence-electron chi connectivity index (χ4n) is 3.53. The van der Waals surface area contributed by atoms with E-state index in [-0.39, 0.29) is 29.9 Å². The van der Waals surface area contributed by atoms with Gasteiger partial charge < -0.3 is 14.5 Å². The number of rotatable bonds is 2. The molecule has 2 amide bonds. The second-order valence-corrected chi connectivity index (χ2v) is 6.74. The van der Waals surface area contributed by atoms with Crippen LogP contribution in [0.15, 0.2) is 24.3 Å². The number of carbonyl (C=O) groups excluding carboxylic acids is 2. The van der Waals surface area contributed by atoms with Crippen molar-refractivity contribution in [3.63, 3.8) is 0 Å². The van der Waals surface area contributed by atoms with Gasteiger partial charge in [0.15, 0.2) is 0 Å². The van der Waals surface area contributed by atoms with E-state index >= 15 is 0 Å².